The zero-order chi connectivity index (χ0) is 37.1. The summed E-state index contributed by atoms with van der Waals surface area (Å²) in [7, 11) is 5.36. The lowest BCUT2D eigenvalue weighted by Crippen LogP contribution is -2.55. The largest absolute Gasteiger partial charge is 0.544 e. The van der Waals surface area contributed by atoms with Crippen molar-refractivity contribution in [2.75, 3.05) is 41.0 Å². The number of carbonyl (C=O) groups excluding carboxylic acids is 3. The molecule has 8 nitrogen and oxygen atoms in total. The number of unbranched alkanes of at least 4 members (excludes halogenated alkanes) is 10. The van der Waals surface area contributed by atoms with Gasteiger partial charge in [0.1, 0.15) is 12.6 Å². The Hall–Kier alpha value is -2.97. The molecule has 2 atom stereocenters. The fraction of sp³-hybridized carbons (Fsp3) is 0.690. The highest BCUT2D eigenvalue weighted by molar-refractivity contribution is 5.71. The van der Waals surface area contributed by atoms with Crippen LogP contribution >= 0.6 is 0 Å². The van der Waals surface area contributed by atoms with E-state index in [1.54, 1.807) is 27.2 Å². The van der Waals surface area contributed by atoms with Gasteiger partial charge in [0.15, 0.2) is 6.10 Å². The van der Waals surface area contributed by atoms with Crippen LogP contribution in [0.1, 0.15) is 136 Å². The zero-order valence-corrected chi connectivity index (χ0v) is 32.3. The third-order valence-electron chi connectivity index (χ3n) is 8.17. The maximum Gasteiger partial charge on any atom is 0.309 e. The Balaban J connectivity index is 4.46. The van der Waals surface area contributed by atoms with E-state index < -0.39 is 24.1 Å². The highest BCUT2D eigenvalue weighted by Crippen LogP contribution is 2.12. The minimum Gasteiger partial charge on any atom is -0.544 e. The Morgan fingerprint density at radius 3 is 1.76 bits per heavy atom. The van der Waals surface area contributed by atoms with E-state index >= 15 is 0 Å². The van der Waals surface area contributed by atoms with Crippen LogP contribution in [0.3, 0.4) is 0 Å². The standard InChI is InChI=1S/C42H71NO7/c1-6-8-10-12-14-16-17-18-19-20-21-22-23-25-27-29-31-33-41(45)50-38(36-48-35-34-39(42(46)47)43(3,4)5)37-49-40(44)32-30-28-26-24-15-13-11-9-7-2/h9,11,14-16,18-19,24,28,30,38-39H,6-8,10,12-13,17,20-23,25-27,29,31-37H2,1-5H3/b11-9+,16-14+,19-18+,24-15+,30-28+. The predicted octanol–water partition coefficient (Wildman–Crippen LogP) is 8.52. The molecule has 0 heterocycles. The summed E-state index contributed by atoms with van der Waals surface area (Å²) < 4.78 is 16.9. The summed E-state index contributed by atoms with van der Waals surface area (Å²) in [6.07, 6.45) is 38.6. The van der Waals surface area contributed by atoms with Crippen LogP contribution in [0.5, 0.6) is 0 Å². The average Bonchev–Trinajstić information content (AvgIpc) is 3.06. The summed E-state index contributed by atoms with van der Waals surface area (Å²) >= 11 is 0. The van der Waals surface area contributed by atoms with Gasteiger partial charge in [0.25, 0.3) is 0 Å². The molecule has 8 heteroatoms. The van der Waals surface area contributed by atoms with Crippen molar-refractivity contribution in [3.63, 3.8) is 0 Å². The van der Waals surface area contributed by atoms with Crippen molar-refractivity contribution >= 4 is 17.9 Å². The third-order valence-corrected chi connectivity index (χ3v) is 8.17. The lowest BCUT2D eigenvalue weighted by molar-refractivity contribution is -0.889. The molecule has 0 saturated heterocycles. The number of likely N-dealkylation sites (N-methyl/N-ethyl adjacent to an activating group) is 1. The van der Waals surface area contributed by atoms with Crippen LogP contribution in [-0.4, -0.2) is 75.5 Å². The molecule has 0 aliphatic carbocycles. The molecular weight excluding hydrogens is 630 g/mol. The number of carboxylic acid groups (broad SMARTS) is 1. The third kappa shape index (κ3) is 31.0. The summed E-state index contributed by atoms with van der Waals surface area (Å²) in [5.41, 5.74) is 0. The number of carbonyl (C=O) groups is 3. The smallest absolute Gasteiger partial charge is 0.309 e. The zero-order valence-electron chi connectivity index (χ0n) is 32.3. The molecule has 0 aromatic rings. The molecule has 286 valence electrons. The number of carboxylic acids is 1. The number of nitrogens with zero attached hydrogens (tertiary/aromatic N) is 1. The Labute approximate surface area is 305 Å². The van der Waals surface area contributed by atoms with Crippen LogP contribution in [0.15, 0.2) is 60.8 Å². The number of rotatable bonds is 33. The van der Waals surface area contributed by atoms with Gasteiger partial charge in [-0.25, -0.2) is 0 Å². The number of hydrogen-bond acceptors (Lipinski definition) is 7. The minimum atomic E-state index is -1.14. The van der Waals surface area contributed by atoms with Gasteiger partial charge < -0.3 is 28.6 Å². The first kappa shape index (κ1) is 47.0. The summed E-state index contributed by atoms with van der Waals surface area (Å²) in [6, 6.07) is -0.738. The van der Waals surface area contributed by atoms with Gasteiger partial charge in [0, 0.05) is 12.8 Å². The first-order chi connectivity index (χ1) is 24.1. The topological polar surface area (TPSA) is 102 Å². The highest BCUT2D eigenvalue weighted by Gasteiger charge is 2.25. The maximum absolute atomic E-state index is 12.6. The van der Waals surface area contributed by atoms with Crippen molar-refractivity contribution in [1.82, 2.24) is 0 Å². The molecule has 0 rings (SSSR count). The van der Waals surface area contributed by atoms with Crippen LogP contribution in [0.25, 0.3) is 0 Å². The summed E-state index contributed by atoms with van der Waals surface area (Å²) in [5, 5.41) is 11.6. The fourth-order valence-electron chi connectivity index (χ4n) is 5.16. The van der Waals surface area contributed by atoms with E-state index in [2.05, 4.69) is 56.4 Å². The minimum absolute atomic E-state index is 0.00792. The van der Waals surface area contributed by atoms with Crippen molar-refractivity contribution in [2.45, 2.75) is 148 Å². The molecule has 0 fully saturated rings. The molecule has 0 aliphatic heterocycles. The van der Waals surface area contributed by atoms with Crippen LogP contribution in [-0.2, 0) is 28.6 Å². The van der Waals surface area contributed by atoms with Crippen molar-refractivity contribution in [3.05, 3.63) is 60.8 Å². The lowest BCUT2D eigenvalue weighted by Gasteiger charge is -2.34. The lowest BCUT2D eigenvalue weighted by atomic mass is 10.1. The Bertz CT molecular complexity index is 1010. The van der Waals surface area contributed by atoms with Gasteiger partial charge in [-0.15, -0.1) is 0 Å². The van der Waals surface area contributed by atoms with E-state index in [1.807, 2.05) is 12.2 Å². The molecule has 0 saturated carbocycles. The van der Waals surface area contributed by atoms with Crippen LogP contribution in [0.2, 0.25) is 0 Å². The van der Waals surface area contributed by atoms with Crippen molar-refractivity contribution in [2.24, 2.45) is 0 Å². The van der Waals surface area contributed by atoms with Crippen LogP contribution in [0, 0.1) is 0 Å². The molecule has 50 heavy (non-hydrogen) atoms. The van der Waals surface area contributed by atoms with E-state index in [4.69, 9.17) is 14.2 Å². The second kappa shape index (κ2) is 33.2. The van der Waals surface area contributed by atoms with E-state index in [0.29, 0.717) is 6.42 Å². The van der Waals surface area contributed by atoms with E-state index in [9.17, 15) is 19.5 Å². The monoisotopic (exact) mass is 702 g/mol. The van der Waals surface area contributed by atoms with Gasteiger partial charge in [-0.3, -0.25) is 9.59 Å². The van der Waals surface area contributed by atoms with Gasteiger partial charge in [-0.1, -0.05) is 120 Å². The molecule has 0 amide bonds. The normalized spacial score (nSPS) is 13.7. The average molecular weight is 702 g/mol. The SMILES string of the molecule is CC/C=C/C/C=C/C/C=C/CC(=O)OCC(COCCC(C(=O)[O-])[N+](C)(C)C)OC(=O)CCCCCCCCC/C=C/C/C=C/CCCCC. The Kier molecular flexibility index (Phi) is 31.2. The Morgan fingerprint density at radius 1 is 0.640 bits per heavy atom. The van der Waals surface area contributed by atoms with Gasteiger partial charge in [-0.05, 0) is 57.8 Å². The molecule has 0 N–H and O–H groups in total. The first-order valence-electron chi connectivity index (χ1n) is 19.3. The van der Waals surface area contributed by atoms with Crippen molar-refractivity contribution in [3.8, 4) is 0 Å². The van der Waals surface area contributed by atoms with E-state index in [-0.39, 0.29) is 43.1 Å². The number of ether oxygens (including phenoxy) is 3. The molecule has 0 bridgehead atoms. The van der Waals surface area contributed by atoms with Crippen LogP contribution < -0.4 is 5.11 Å². The van der Waals surface area contributed by atoms with Gasteiger partial charge in [-0.2, -0.15) is 0 Å². The molecule has 0 aromatic carbocycles. The summed E-state index contributed by atoms with van der Waals surface area (Å²) in [5.74, 6) is -1.91. The fourth-order valence-corrected chi connectivity index (χ4v) is 5.16. The number of allylic oxidation sites excluding steroid dienone is 9. The molecule has 2 unspecified atom stereocenters. The second-order valence-electron chi connectivity index (χ2n) is 13.8. The van der Waals surface area contributed by atoms with Gasteiger partial charge in [0.05, 0.1) is 46.7 Å². The molecular formula is C42H71NO7. The maximum atomic E-state index is 12.6. The van der Waals surface area contributed by atoms with E-state index in [0.717, 1.165) is 57.8 Å². The summed E-state index contributed by atoms with van der Waals surface area (Å²) in [4.78, 5) is 36.5. The molecule has 0 radical (unpaired) electrons. The molecule has 0 aliphatic rings. The quantitative estimate of drug-likeness (QED) is 0.0293. The highest BCUT2D eigenvalue weighted by atomic mass is 16.6. The molecule has 0 aromatic heterocycles. The number of esters is 2. The molecule has 0 spiro atoms. The summed E-state index contributed by atoms with van der Waals surface area (Å²) in [6.45, 7) is 4.37. The number of quaternary nitrogens is 1. The van der Waals surface area contributed by atoms with Crippen molar-refractivity contribution in [1.29, 1.82) is 0 Å². The van der Waals surface area contributed by atoms with Gasteiger partial charge >= 0.3 is 11.9 Å². The second-order valence-corrected chi connectivity index (χ2v) is 13.8. The van der Waals surface area contributed by atoms with Crippen LogP contribution in [0.4, 0.5) is 0 Å². The van der Waals surface area contributed by atoms with Crippen molar-refractivity contribution < 1.29 is 38.2 Å². The van der Waals surface area contributed by atoms with Gasteiger partial charge in [0.2, 0.25) is 0 Å². The number of hydrogen-bond donors (Lipinski definition) is 0. The number of aliphatic carboxylic acids is 1. The van der Waals surface area contributed by atoms with E-state index in [1.165, 1.54) is 44.9 Å². The Morgan fingerprint density at radius 2 is 1.18 bits per heavy atom. The first-order valence-corrected chi connectivity index (χ1v) is 19.3. The predicted molar refractivity (Wildman–Crippen MR) is 203 cm³/mol.